The fourth-order valence-electron chi connectivity index (χ4n) is 2.62. The molecule has 126 valence electrons. The van der Waals surface area contributed by atoms with Gasteiger partial charge >= 0.3 is 24.0 Å². The van der Waals surface area contributed by atoms with E-state index >= 15 is 0 Å². The minimum atomic E-state index is -5.04. The Kier molecular flexibility index (Phi) is 3.43. The summed E-state index contributed by atoms with van der Waals surface area (Å²) in [7, 11) is 0. The minimum Gasteiger partial charge on any atom is -0.437 e. The van der Waals surface area contributed by atoms with Gasteiger partial charge in [0.1, 0.15) is 11.8 Å². The van der Waals surface area contributed by atoms with Crippen molar-refractivity contribution in [1.82, 2.24) is 14.6 Å². The number of hydroxylamine groups is 2. The van der Waals surface area contributed by atoms with E-state index < -0.39 is 22.7 Å². The maximum atomic E-state index is 12.1. The molecule has 1 aromatic heterocycles. The lowest BCUT2D eigenvalue weighted by Crippen LogP contribution is -2.49. The summed E-state index contributed by atoms with van der Waals surface area (Å²) >= 11 is 0. The molecular formula is C11H11F3N4O5. The zero-order valence-corrected chi connectivity index (χ0v) is 11.6. The van der Waals surface area contributed by atoms with E-state index in [2.05, 4.69) is 9.82 Å². The second-order valence-electron chi connectivity index (χ2n) is 5.36. The number of halogens is 3. The van der Waals surface area contributed by atoms with Gasteiger partial charge in [-0.05, 0) is 4.92 Å². The third-order valence-corrected chi connectivity index (χ3v) is 3.76. The average molecular weight is 336 g/mol. The number of imidazole rings is 1. The molecule has 1 aromatic rings. The molecule has 0 N–H and O–H groups in total. The number of nitro groups is 1. The van der Waals surface area contributed by atoms with Crippen LogP contribution in [-0.4, -0.2) is 50.4 Å². The number of aromatic nitrogens is 2. The van der Waals surface area contributed by atoms with E-state index in [1.807, 2.05) is 0 Å². The van der Waals surface area contributed by atoms with Crippen molar-refractivity contribution in [3.63, 3.8) is 0 Å². The molecule has 0 bridgehead atoms. The molecule has 3 heterocycles. The van der Waals surface area contributed by atoms with Crippen LogP contribution in [0, 0.1) is 10.1 Å². The number of alkyl halides is 3. The first-order valence-corrected chi connectivity index (χ1v) is 6.63. The van der Waals surface area contributed by atoms with Crippen LogP contribution in [0.25, 0.3) is 0 Å². The van der Waals surface area contributed by atoms with Crippen LogP contribution in [0.3, 0.4) is 0 Å². The van der Waals surface area contributed by atoms with Crippen molar-refractivity contribution in [2.24, 2.45) is 0 Å². The molecule has 1 fully saturated rings. The summed E-state index contributed by atoms with van der Waals surface area (Å²) in [4.78, 5) is 28.8. The van der Waals surface area contributed by atoms with Gasteiger partial charge in [0, 0.05) is 30.9 Å². The van der Waals surface area contributed by atoms with Crippen LogP contribution in [0.4, 0.5) is 19.0 Å². The Balaban J connectivity index is 1.58. The molecule has 1 saturated heterocycles. The fraction of sp³-hybridized carbons (Fsp3) is 0.636. The van der Waals surface area contributed by atoms with Crippen LogP contribution in [0.1, 0.15) is 12.8 Å². The lowest BCUT2D eigenvalue weighted by atomic mass is 9.92. The van der Waals surface area contributed by atoms with Crippen LogP contribution in [0.15, 0.2) is 6.20 Å². The van der Waals surface area contributed by atoms with Crippen molar-refractivity contribution in [1.29, 1.82) is 0 Å². The Morgan fingerprint density at radius 2 is 2.09 bits per heavy atom. The summed E-state index contributed by atoms with van der Waals surface area (Å²) in [6.07, 6.45) is -3.19. The molecule has 0 saturated carbocycles. The molecule has 3 rings (SSSR count). The van der Waals surface area contributed by atoms with Gasteiger partial charge in [-0.25, -0.2) is 4.79 Å². The van der Waals surface area contributed by atoms with E-state index in [0.29, 0.717) is 19.4 Å². The highest BCUT2D eigenvalue weighted by Gasteiger charge is 2.48. The normalized spacial score (nSPS) is 20.1. The Morgan fingerprint density at radius 3 is 2.61 bits per heavy atom. The molecule has 1 spiro atoms. The van der Waals surface area contributed by atoms with Gasteiger partial charge in [0.15, 0.2) is 0 Å². The molecule has 2 aliphatic heterocycles. The predicted octanol–water partition coefficient (Wildman–Crippen LogP) is 1.04. The number of carbonyl (C=O) groups is 1. The lowest BCUT2D eigenvalue weighted by Gasteiger charge is -2.36. The van der Waals surface area contributed by atoms with Crippen molar-refractivity contribution in [3.8, 4) is 6.01 Å². The Bertz CT molecular complexity index is 625. The second-order valence-corrected chi connectivity index (χ2v) is 5.36. The predicted molar refractivity (Wildman–Crippen MR) is 65.2 cm³/mol. The summed E-state index contributed by atoms with van der Waals surface area (Å²) in [6, 6.07) is 0.109. The number of piperidine rings is 1. The quantitative estimate of drug-likeness (QED) is 0.587. The molecule has 0 aromatic carbocycles. The highest BCUT2D eigenvalue weighted by molar-refractivity contribution is 5.75. The standard InChI is InChI=1S/C11H11F3N4O5/c12-11(13,14)8(19)23-17-3-1-10(2-4-17)6-16-5-7(18(20)21)15-9(16)22-10/h5H,1-4,6H2. The summed E-state index contributed by atoms with van der Waals surface area (Å²) in [6.45, 7) is 0.438. The molecule has 9 nitrogen and oxygen atoms in total. The van der Waals surface area contributed by atoms with Gasteiger partial charge in [0.05, 0.1) is 6.54 Å². The lowest BCUT2D eigenvalue weighted by molar-refractivity contribution is -0.389. The summed E-state index contributed by atoms with van der Waals surface area (Å²) in [5.41, 5.74) is -0.696. The van der Waals surface area contributed by atoms with E-state index in [1.54, 1.807) is 0 Å². The molecule has 0 aliphatic carbocycles. The first kappa shape index (κ1) is 15.5. The summed E-state index contributed by atoms with van der Waals surface area (Å²) < 4.78 is 43.6. The maximum Gasteiger partial charge on any atom is 0.492 e. The zero-order chi connectivity index (χ0) is 16.8. The monoisotopic (exact) mass is 336 g/mol. The fourth-order valence-corrected chi connectivity index (χ4v) is 2.62. The largest absolute Gasteiger partial charge is 0.492 e. The second kappa shape index (κ2) is 5.08. The molecular weight excluding hydrogens is 325 g/mol. The Morgan fingerprint density at radius 1 is 1.43 bits per heavy atom. The van der Waals surface area contributed by atoms with E-state index in [4.69, 9.17) is 4.74 Å². The minimum absolute atomic E-state index is 0.0642. The van der Waals surface area contributed by atoms with E-state index in [1.165, 1.54) is 10.8 Å². The van der Waals surface area contributed by atoms with Gasteiger partial charge in [0.2, 0.25) is 0 Å². The van der Waals surface area contributed by atoms with Crippen molar-refractivity contribution in [2.45, 2.75) is 31.2 Å². The number of hydrogen-bond donors (Lipinski definition) is 0. The van der Waals surface area contributed by atoms with E-state index in [0.717, 1.165) is 5.06 Å². The Labute approximate surface area is 126 Å². The number of hydrogen-bond acceptors (Lipinski definition) is 7. The van der Waals surface area contributed by atoms with E-state index in [-0.39, 0.29) is 24.9 Å². The SMILES string of the molecule is O=C(ON1CCC2(CC1)Cn1cc([N+](=O)[O-])nc1O2)C(F)(F)F. The molecule has 0 amide bonds. The number of rotatable bonds is 2. The summed E-state index contributed by atoms with van der Waals surface area (Å²) in [5, 5.41) is 11.6. The molecule has 23 heavy (non-hydrogen) atoms. The van der Waals surface area contributed by atoms with Gasteiger partial charge in [-0.3, -0.25) is 4.57 Å². The third kappa shape index (κ3) is 2.93. The van der Waals surface area contributed by atoms with E-state index in [9.17, 15) is 28.1 Å². The maximum absolute atomic E-state index is 12.1. The van der Waals surface area contributed by atoms with Gasteiger partial charge in [-0.1, -0.05) is 0 Å². The number of fused-ring (bicyclic) bond motifs is 1. The van der Waals surface area contributed by atoms with Crippen molar-refractivity contribution < 1.29 is 32.5 Å². The highest BCUT2D eigenvalue weighted by atomic mass is 19.4. The van der Waals surface area contributed by atoms with Crippen molar-refractivity contribution >= 4 is 11.8 Å². The van der Waals surface area contributed by atoms with Crippen LogP contribution >= 0.6 is 0 Å². The summed E-state index contributed by atoms with van der Waals surface area (Å²) in [5.74, 6) is -2.59. The van der Waals surface area contributed by atoms with Crippen LogP contribution in [0.5, 0.6) is 6.01 Å². The van der Waals surface area contributed by atoms with Crippen molar-refractivity contribution in [3.05, 3.63) is 16.3 Å². The molecule has 2 aliphatic rings. The molecule has 0 radical (unpaired) electrons. The number of nitrogens with zero attached hydrogens (tertiary/aromatic N) is 4. The van der Waals surface area contributed by atoms with Crippen LogP contribution in [0.2, 0.25) is 0 Å². The molecule has 0 unspecified atom stereocenters. The van der Waals surface area contributed by atoms with Crippen LogP contribution in [-0.2, 0) is 16.2 Å². The first-order chi connectivity index (χ1) is 10.7. The topological polar surface area (TPSA) is 99.7 Å². The number of ether oxygens (including phenoxy) is 1. The Hall–Kier alpha value is -2.37. The van der Waals surface area contributed by atoms with Gasteiger partial charge in [0.25, 0.3) is 0 Å². The first-order valence-electron chi connectivity index (χ1n) is 6.63. The van der Waals surface area contributed by atoms with Crippen molar-refractivity contribution in [2.75, 3.05) is 13.1 Å². The molecule has 12 heteroatoms. The third-order valence-electron chi connectivity index (χ3n) is 3.76. The molecule has 0 atom stereocenters. The number of carbonyl (C=O) groups excluding carboxylic acids is 1. The van der Waals surface area contributed by atoms with Gasteiger partial charge in [-0.15, -0.1) is 5.06 Å². The average Bonchev–Trinajstić information content (AvgIpc) is 2.96. The zero-order valence-electron chi connectivity index (χ0n) is 11.6. The van der Waals surface area contributed by atoms with Crippen LogP contribution < -0.4 is 4.74 Å². The highest BCUT2D eigenvalue weighted by Crippen LogP contribution is 2.37. The van der Waals surface area contributed by atoms with Gasteiger partial charge < -0.3 is 19.7 Å². The van der Waals surface area contributed by atoms with Gasteiger partial charge in [-0.2, -0.15) is 13.2 Å². The smallest absolute Gasteiger partial charge is 0.437 e.